The van der Waals surface area contributed by atoms with E-state index >= 15 is 0 Å². The molecule has 0 aromatic carbocycles. The molecular weight excluding hydrogens is 178 g/mol. The van der Waals surface area contributed by atoms with Gasteiger partial charge in [0.05, 0.1) is 5.56 Å². The first-order valence-electron chi connectivity index (χ1n) is 3.43. The lowest BCUT2D eigenvalue weighted by Gasteiger charge is -2.07. The van der Waals surface area contributed by atoms with Gasteiger partial charge in [0.1, 0.15) is 0 Å². The quantitative estimate of drug-likeness (QED) is 0.652. The minimum atomic E-state index is -0.131. The summed E-state index contributed by atoms with van der Waals surface area (Å²) in [7, 11) is 5.07. The number of rotatable bonds is 1. The van der Waals surface area contributed by atoms with Crippen LogP contribution in [0.1, 0.15) is 10.4 Å². The Morgan fingerprint density at radius 1 is 1.67 bits per heavy atom. The standard InChI is InChI=1S/C7H10ClN3O/c1-10(2)7(12)5-4-11(3)9-6(5)8/h4H,1-3H3. The van der Waals surface area contributed by atoms with E-state index in [2.05, 4.69) is 5.10 Å². The molecule has 0 aliphatic rings. The second-order valence-electron chi connectivity index (χ2n) is 2.71. The summed E-state index contributed by atoms with van der Waals surface area (Å²) in [5.41, 5.74) is 0.434. The van der Waals surface area contributed by atoms with Crippen LogP contribution in [-0.2, 0) is 7.05 Å². The molecule has 1 rings (SSSR count). The molecule has 0 aliphatic carbocycles. The van der Waals surface area contributed by atoms with Crippen molar-refractivity contribution < 1.29 is 4.79 Å². The molecule has 12 heavy (non-hydrogen) atoms. The van der Waals surface area contributed by atoms with Gasteiger partial charge in [-0.05, 0) is 0 Å². The summed E-state index contributed by atoms with van der Waals surface area (Å²) in [5, 5.41) is 4.10. The third-order valence-corrected chi connectivity index (χ3v) is 1.70. The van der Waals surface area contributed by atoms with Crippen molar-refractivity contribution in [2.75, 3.05) is 14.1 Å². The van der Waals surface area contributed by atoms with Gasteiger partial charge < -0.3 is 4.90 Å². The summed E-state index contributed by atoms with van der Waals surface area (Å²) >= 11 is 5.70. The summed E-state index contributed by atoms with van der Waals surface area (Å²) in [5.74, 6) is -0.131. The molecule has 0 N–H and O–H groups in total. The van der Waals surface area contributed by atoms with Crippen LogP contribution in [0.3, 0.4) is 0 Å². The number of hydrogen-bond donors (Lipinski definition) is 0. The molecule has 0 fully saturated rings. The molecule has 0 atom stereocenters. The van der Waals surface area contributed by atoms with E-state index in [0.29, 0.717) is 5.56 Å². The van der Waals surface area contributed by atoms with Gasteiger partial charge in [-0.2, -0.15) is 5.10 Å². The zero-order valence-electron chi connectivity index (χ0n) is 7.21. The molecule has 0 bridgehead atoms. The second-order valence-corrected chi connectivity index (χ2v) is 3.06. The normalized spacial score (nSPS) is 10.0. The molecule has 1 amide bonds. The zero-order valence-corrected chi connectivity index (χ0v) is 7.96. The molecule has 66 valence electrons. The third-order valence-electron chi connectivity index (χ3n) is 1.42. The Morgan fingerprint density at radius 3 is 2.58 bits per heavy atom. The highest BCUT2D eigenvalue weighted by atomic mass is 35.5. The molecule has 0 spiro atoms. The summed E-state index contributed by atoms with van der Waals surface area (Å²) in [4.78, 5) is 12.8. The molecule has 0 radical (unpaired) electrons. The summed E-state index contributed by atoms with van der Waals surface area (Å²) in [6.45, 7) is 0. The Morgan fingerprint density at radius 2 is 2.25 bits per heavy atom. The Balaban J connectivity index is 3.02. The van der Waals surface area contributed by atoms with Gasteiger partial charge in [0, 0.05) is 27.3 Å². The Bertz CT molecular complexity index is 306. The van der Waals surface area contributed by atoms with Gasteiger partial charge >= 0.3 is 0 Å². The Kier molecular flexibility index (Phi) is 2.38. The molecule has 5 heteroatoms. The first kappa shape index (κ1) is 9.06. The molecule has 1 aromatic heterocycles. The first-order valence-corrected chi connectivity index (χ1v) is 3.81. The van der Waals surface area contributed by atoms with Gasteiger partial charge in [0.25, 0.3) is 5.91 Å². The van der Waals surface area contributed by atoms with Crippen LogP contribution in [0.25, 0.3) is 0 Å². The fraction of sp³-hybridized carbons (Fsp3) is 0.429. The van der Waals surface area contributed by atoms with E-state index < -0.39 is 0 Å². The second kappa shape index (κ2) is 3.15. The van der Waals surface area contributed by atoms with E-state index in [1.54, 1.807) is 27.3 Å². The van der Waals surface area contributed by atoms with E-state index in [1.165, 1.54) is 9.58 Å². The van der Waals surface area contributed by atoms with Crippen LogP contribution in [0, 0.1) is 0 Å². The molecule has 0 unspecified atom stereocenters. The smallest absolute Gasteiger partial charge is 0.258 e. The number of amides is 1. The number of carbonyl (C=O) groups is 1. The maximum atomic E-state index is 11.4. The Labute approximate surface area is 75.7 Å². The van der Waals surface area contributed by atoms with Crippen molar-refractivity contribution in [2.45, 2.75) is 0 Å². The van der Waals surface area contributed by atoms with E-state index in [1.807, 2.05) is 0 Å². The Hall–Kier alpha value is -1.03. The predicted octanol–water partition coefficient (Wildman–Crippen LogP) is 0.775. The van der Waals surface area contributed by atoms with Crippen molar-refractivity contribution in [2.24, 2.45) is 7.05 Å². The SMILES string of the molecule is CN(C)C(=O)c1cn(C)nc1Cl. The minimum absolute atomic E-state index is 0.131. The number of halogens is 1. The van der Waals surface area contributed by atoms with Crippen LogP contribution in [-0.4, -0.2) is 34.7 Å². The number of nitrogens with zero attached hydrogens (tertiary/aromatic N) is 3. The third kappa shape index (κ3) is 1.58. The van der Waals surface area contributed by atoms with Gasteiger partial charge in [-0.3, -0.25) is 9.48 Å². The van der Waals surface area contributed by atoms with Crippen LogP contribution < -0.4 is 0 Å². The van der Waals surface area contributed by atoms with Crippen LogP contribution in [0.4, 0.5) is 0 Å². The van der Waals surface area contributed by atoms with Gasteiger partial charge in [-0.1, -0.05) is 11.6 Å². The zero-order chi connectivity index (χ0) is 9.30. The molecule has 4 nitrogen and oxygen atoms in total. The molecule has 0 saturated heterocycles. The van der Waals surface area contributed by atoms with Gasteiger partial charge in [-0.25, -0.2) is 0 Å². The van der Waals surface area contributed by atoms with Crippen molar-refractivity contribution in [3.8, 4) is 0 Å². The van der Waals surface area contributed by atoms with Crippen molar-refractivity contribution in [3.63, 3.8) is 0 Å². The van der Waals surface area contributed by atoms with Crippen LogP contribution in [0.5, 0.6) is 0 Å². The van der Waals surface area contributed by atoms with Crippen molar-refractivity contribution >= 4 is 17.5 Å². The first-order chi connectivity index (χ1) is 5.52. The largest absolute Gasteiger partial charge is 0.345 e. The number of aromatic nitrogens is 2. The lowest BCUT2D eigenvalue weighted by Crippen LogP contribution is -2.21. The number of hydrogen-bond acceptors (Lipinski definition) is 2. The minimum Gasteiger partial charge on any atom is -0.345 e. The van der Waals surface area contributed by atoms with Crippen LogP contribution in [0.2, 0.25) is 5.15 Å². The summed E-state index contributed by atoms with van der Waals surface area (Å²) in [6, 6.07) is 0. The molecule has 0 aliphatic heterocycles. The molecule has 0 saturated carbocycles. The lowest BCUT2D eigenvalue weighted by atomic mass is 10.3. The number of aryl methyl sites for hydroxylation is 1. The van der Waals surface area contributed by atoms with E-state index in [-0.39, 0.29) is 11.1 Å². The molecule has 1 heterocycles. The molecular formula is C7H10ClN3O. The van der Waals surface area contributed by atoms with E-state index in [9.17, 15) is 4.79 Å². The highest BCUT2D eigenvalue weighted by Crippen LogP contribution is 2.13. The summed E-state index contributed by atoms with van der Waals surface area (Å²) in [6.07, 6.45) is 1.60. The average molecular weight is 188 g/mol. The predicted molar refractivity (Wildman–Crippen MR) is 46.2 cm³/mol. The maximum Gasteiger partial charge on any atom is 0.258 e. The topological polar surface area (TPSA) is 38.1 Å². The van der Waals surface area contributed by atoms with Gasteiger partial charge in [0.15, 0.2) is 5.15 Å². The fourth-order valence-electron chi connectivity index (χ4n) is 0.846. The maximum absolute atomic E-state index is 11.4. The average Bonchev–Trinajstić information content (AvgIpc) is 2.28. The summed E-state index contributed by atoms with van der Waals surface area (Å²) < 4.78 is 1.51. The highest BCUT2D eigenvalue weighted by molar-refractivity contribution is 6.32. The van der Waals surface area contributed by atoms with Gasteiger partial charge in [0.2, 0.25) is 0 Å². The fourth-order valence-corrected chi connectivity index (χ4v) is 1.09. The number of carbonyl (C=O) groups excluding carboxylic acids is 1. The van der Waals surface area contributed by atoms with Gasteiger partial charge in [-0.15, -0.1) is 0 Å². The van der Waals surface area contributed by atoms with Crippen LogP contribution >= 0.6 is 11.6 Å². The van der Waals surface area contributed by atoms with E-state index in [4.69, 9.17) is 11.6 Å². The van der Waals surface area contributed by atoms with Crippen molar-refractivity contribution in [3.05, 3.63) is 16.9 Å². The monoisotopic (exact) mass is 187 g/mol. The van der Waals surface area contributed by atoms with Crippen molar-refractivity contribution in [1.29, 1.82) is 0 Å². The molecule has 1 aromatic rings. The van der Waals surface area contributed by atoms with Crippen LogP contribution in [0.15, 0.2) is 6.20 Å². The van der Waals surface area contributed by atoms with E-state index in [0.717, 1.165) is 0 Å². The van der Waals surface area contributed by atoms with Crippen molar-refractivity contribution in [1.82, 2.24) is 14.7 Å². The highest BCUT2D eigenvalue weighted by Gasteiger charge is 2.14. The lowest BCUT2D eigenvalue weighted by molar-refractivity contribution is 0.0827.